The van der Waals surface area contributed by atoms with Gasteiger partial charge in [0, 0.05) is 24.4 Å². The fourth-order valence-electron chi connectivity index (χ4n) is 2.59. The van der Waals surface area contributed by atoms with Crippen molar-refractivity contribution < 1.29 is 4.79 Å². The van der Waals surface area contributed by atoms with Crippen LogP contribution in [0, 0.1) is 17.2 Å². The van der Waals surface area contributed by atoms with Gasteiger partial charge < -0.3 is 5.32 Å². The average Bonchev–Trinajstić information content (AvgIpc) is 2.42. The molecule has 0 aliphatic heterocycles. The summed E-state index contributed by atoms with van der Waals surface area (Å²) in [5.74, 6) is 0.566. The minimum absolute atomic E-state index is 0.0439. The monoisotopic (exact) mass is 257 g/mol. The summed E-state index contributed by atoms with van der Waals surface area (Å²) >= 11 is 0. The molecule has 1 amide bonds. The quantitative estimate of drug-likeness (QED) is 0.899. The van der Waals surface area contributed by atoms with Crippen molar-refractivity contribution in [1.82, 2.24) is 10.3 Å². The van der Waals surface area contributed by atoms with Gasteiger partial charge in [0.2, 0.25) is 5.91 Å². The zero-order chi connectivity index (χ0) is 13.5. The molecule has 0 saturated heterocycles. The van der Waals surface area contributed by atoms with E-state index in [0.717, 1.165) is 31.4 Å². The van der Waals surface area contributed by atoms with Crippen LogP contribution >= 0.6 is 0 Å². The third-order valence-corrected chi connectivity index (χ3v) is 3.66. The Hall–Kier alpha value is -1.89. The van der Waals surface area contributed by atoms with Gasteiger partial charge in [-0.3, -0.25) is 9.78 Å². The van der Waals surface area contributed by atoms with Crippen LogP contribution in [-0.4, -0.2) is 16.9 Å². The minimum Gasteiger partial charge on any atom is -0.353 e. The highest BCUT2D eigenvalue weighted by Gasteiger charge is 2.22. The van der Waals surface area contributed by atoms with Gasteiger partial charge in [0.05, 0.1) is 12.5 Å². The molecule has 1 aromatic rings. The molecule has 0 radical (unpaired) electrons. The summed E-state index contributed by atoms with van der Waals surface area (Å²) in [6.45, 7) is 0. The third-order valence-electron chi connectivity index (χ3n) is 3.66. The number of hydrogen-bond donors (Lipinski definition) is 1. The molecule has 100 valence electrons. The van der Waals surface area contributed by atoms with Gasteiger partial charge >= 0.3 is 0 Å². The molecular weight excluding hydrogens is 238 g/mol. The van der Waals surface area contributed by atoms with Crippen LogP contribution < -0.4 is 5.32 Å². The molecule has 1 aromatic heterocycles. The summed E-state index contributed by atoms with van der Waals surface area (Å²) in [7, 11) is 0. The smallest absolute Gasteiger partial charge is 0.226 e. The number of nitriles is 1. The molecule has 1 heterocycles. The Morgan fingerprint density at radius 2 is 2.16 bits per heavy atom. The van der Waals surface area contributed by atoms with E-state index in [1.54, 1.807) is 6.20 Å². The van der Waals surface area contributed by atoms with Gasteiger partial charge in [-0.1, -0.05) is 6.07 Å². The van der Waals surface area contributed by atoms with Crippen molar-refractivity contribution in [2.75, 3.05) is 0 Å². The molecule has 1 fully saturated rings. The lowest BCUT2D eigenvalue weighted by Crippen LogP contribution is -2.38. The molecule has 2 rings (SSSR count). The molecule has 0 unspecified atom stereocenters. The maximum atomic E-state index is 11.9. The number of rotatable bonds is 4. The maximum Gasteiger partial charge on any atom is 0.226 e. The number of amides is 1. The molecule has 1 N–H and O–H groups in total. The van der Waals surface area contributed by atoms with E-state index in [1.807, 2.05) is 18.2 Å². The van der Waals surface area contributed by atoms with Crippen molar-refractivity contribution >= 4 is 5.91 Å². The molecule has 1 aliphatic rings. The number of carbonyl (C=O) groups excluding carboxylic acids is 1. The van der Waals surface area contributed by atoms with E-state index >= 15 is 0 Å². The van der Waals surface area contributed by atoms with E-state index in [4.69, 9.17) is 5.26 Å². The first-order chi connectivity index (χ1) is 9.28. The zero-order valence-corrected chi connectivity index (χ0v) is 11.0. The molecule has 1 aliphatic carbocycles. The first kappa shape index (κ1) is 13.5. The van der Waals surface area contributed by atoms with E-state index < -0.39 is 0 Å². The summed E-state index contributed by atoms with van der Waals surface area (Å²) in [5.41, 5.74) is 0.804. The van der Waals surface area contributed by atoms with Crippen LogP contribution in [-0.2, 0) is 11.2 Å². The van der Waals surface area contributed by atoms with Crippen LogP contribution in [0.1, 0.15) is 37.8 Å². The number of aromatic nitrogens is 1. The van der Waals surface area contributed by atoms with Gasteiger partial charge in [-0.2, -0.15) is 5.26 Å². The van der Waals surface area contributed by atoms with Crippen molar-refractivity contribution in [2.45, 2.75) is 44.6 Å². The number of nitrogens with zero attached hydrogens (tertiary/aromatic N) is 2. The summed E-state index contributed by atoms with van der Waals surface area (Å²) in [6.07, 6.45) is 6.76. The molecule has 0 atom stereocenters. The number of nitrogens with one attached hydrogen (secondary N) is 1. The summed E-state index contributed by atoms with van der Waals surface area (Å²) in [4.78, 5) is 16.0. The van der Waals surface area contributed by atoms with Crippen molar-refractivity contribution in [3.63, 3.8) is 0 Å². The Morgan fingerprint density at radius 3 is 2.79 bits per heavy atom. The Morgan fingerprint density at radius 1 is 1.37 bits per heavy atom. The Labute approximate surface area is 113 Å². The second-order valence-corrected chi connectivity index (χ2v) is 5.15. The van der Waals surface area contributed by atoms with Crippen molar-refractivity contribution in [2.24, 2.45) is 5.92 Å². The molecule has 1 saturated carbocycles. The highest BCUT2D eigenvalue weighted by molar-refractivity contribution is 5.78. The van der Waals surface area contributed by atoms with Crippen molar-refractivity contribution in [3.05, 3.63) is 30.1 Å². The second kappa shape index (κ2) is 6.89. The van der Waals surface area contributed by atoms with E-state index in [9.17, 15) is 4.79 Å². The molecule has 4 heteroatoms. The summed E-state index contributed by atoms with van der Waals surface area (Å²) < 4.78 is 0. The molecule has 0 spiro atoms. The molecule has 19 heavy (non-hydrogen) atoms. The molecular formula is C15H19N3O. The van der Waals surface area contributed by atoms with Gasteiger partial charge in [-0.25, -0.2) is 0 Å². The Balaban J connectivity index is 1.74. The van der Waals surface area contributed by atoms with Gasteiger partial charge in [0.25, 0.3) is 0 Å². The van der Waals surface area contributed by atoms with Gasteiger partial charge in [0.15, 0.2) is 0 Å². The van der Waals surface area contributed by atoms with Gasteiger partial charge in [-0.15, -0.1) is 0 Å². The fraction of sp³-hybridized carbons (Fsp3) is 0.533. The average molecular weight is 257 g/mol. The second-order valence-electron chi connectivity index (χ2n) is 5.15. The minimum atomic E-state index is 0.0439. The third kappa shape index (κ3) is 4.36. The van der Waals surface area contributed by atoms with E-state index in [2.05, 4.69) is 16.4 Å². The topological polar surface area (TPSA) is 65.8 Å². The first-order valence-corrected chi connectivity index (χ1v) is 6.84. The number of hydrogen-bond acceptors (Lipinski definition) is 3. The number of pyridine rings is 1. The van der Waals surface area contributed by atoms with Crippen LogP contribution in [0.2, 0.25) is 0 Å². The lowest BCUT2D eigenvalue weighted by molar-refractivity contribution is -0.121. The highest BCUT2D eigenvalue weighted by Crippen LogP contribution is 2.26. The van der Waals surface area contributed by atoms with Crippen molar-refractivity contribution in [3.8, 4) is 6.07 Å². The maximum absolute atomic E-state index is 11.9. The number of carbonyl (C=O) groups is 1. The van der Waals surface area contributed by atoms with Crippen molar-refractivity contribution in [1.29, 1.82) is 5.26 Å². The predicted octanol–water partition coefficient (Wildman–Crippen LogP) is 2.21. The standard InChI is InChI=1S/C15H19N3O/c16-9-8-12-4-6-13(7-5-12)18-15(19)11-14-3-1-2-10-17-14/h1-3,10,12-13H,4-8,11H2,(H,18,19). The largest absolute Gasteiger partial charge is 0.353 e. The molecule has 0 aromatic carbocycles. The lowest BCUT2D eigenvalue weighted by atomic mass is 9.84. The molecule has 0 bridgehead atoms. The normalized spacial score (nSPS) is 22.5. The van der Waals surface area contributed by atoms with E-state index in [0.29, 0.717) is 18.8 Å². The van der Waals surface area contributed by atoms with Crippen LogP contribution in [0.5, 0.6) is 0 Å². The van der Waals surface area contributed by atoms with Crippen LogP contribution in [0.3, 0.4) is 0 Å². The highest BCUT2D eigenvalue weighted by atomic mass is 16.1. The Kier molecular flexibility index (Phi) is 4.91. The summed E-state index contributed by atoms with van der Waals surface area (Å²) in [6, 6.07) is 8.10. The van der Waals surface area contributed by atoms with Gasteiger partial charge in [0.1, 0.15) is 0 Å². The van der Waals surface area contributed by atoms with Crippen LogP contribution in [0.15, 0.2) is 24.4 Å². The summed E-state index contributed by atoms with van der Waals surface area (Å²) in [5, 5.41) is 11.7. The zero-order valence-electron chi connectivity index (χ0n) is 11.0. The van der Waals surface area contributed by atoms with Gasteiger partial charge in [-0.05, 0) is 43.7 Å². The van der Waals surface area contributed by atoms with E-state index in [1.165, 1.54) is 0 Å². The SMILES string of the molecule is N#CCC1CCC(NC(=O)Cc2ccccn2)CC1. The lowest BCUT2D eigenvalue weighted by Gasteiger charge is -2.27. The molecule has 4 nitrogen and oxygen atoms in total. The fourth-order valence-corrected chi connectivity index (χ4v) is 2.59. The first-order valence-electron chi connectivity index (χ1n) is 6.84. The van der Waals surface area contributed by atoms with E-state index in [-0.39, 0.29) is 11.9 Å². The Bertz CT molecular complexity index is 444. The van der Waals surface area contributed by atoms with Crippen LogP contribution in [0.25, 0.3) is 0 Å². The van der Waals surface area contributed by atoms with Crippen LogP contribution in [0.4, 0.5) is 0 Å². The predicted molar refractivity (Wildman–Crippen MR) is 72.1 cm³/mol.